The number of phenols is 1. The van der Waals surface area contributed by atoms with Crippen LogP contribution in [-0.4, -0.2) is 68.2 Å². The largest absolute Gasteiger partial charge is 0.508 e. The molecule has 1 heterocycles. The number of benzene rings is 4. The lowest BCUT2D eigenvalue weighted by Crippen LogP contribution is -2.40. The van der Waals surface area contributed by atoms with Crippen molar-refractivity contribution in [3.63, 3.8) is 0 Å². The van der Waals surface area contributed by atoms with E-state index in [1.54, 1.807) is 48.5 Å². The highest BCUT2D eigenvalue weighted by Crippen LogP contribution is 2.24. The average Bonchev–Trinajstić information content (AvgIpc) is 3.35. The van der Waals surface area contributed by atoms with E-state index in [0.717, 1.165) is 28.3 Å². The zero-order valence-electron chi connectivity index (χ0n) is 31.0. The van der Waals surface area contributed by atoms with Crippen LogP contribution in [0.4, 0.5) is 11.4 Å². The van der Waals surface area contributed by atoms with Gasteiger partial charge in [0, 0.05) is 35.5 Å². The molecule has 0 spiro atoms. The van der Waals surface area contributed by atoms with Crippen LogP contribution >= 0.6 is 0 Å². The van der Waals surface area contributed by atoms with Crippen molar-refractivity contribution in [1.29, 1.82) is 0 Å². The first kappa shape index (κ1) is 39.2. The van der Waals surface area contributed by atoms with E-state index >= 15 is 0 Å². The Labute approximate surface area is 316 Å². The smallest absolute Gasteiger partial charge is 0.251 e. The molecule has 5 rings (SSSR count). The molecule has 0 fully saturated rings. The first-order chi connectivity index (χ1) is 26.2. The molecule has 0 atom stereocenters. The van der Waals surface area contributed by atoms with E-state index in [-0.39, 0.29) is 17.6 Å². The molecular weight excluding hydrogens is 683 g/mol. The maximum absolute atomic E-state index is 13.2. The topological polar surface area (TPSA) is 158 Å². The summed E-state index contributed by atoms with van der Waals surface area (Å²) in [6.07, 6.45) is 1.24. The first-order valence-corrected chi connectivity index (χ1v) is 18.1. The monoisotopic (exact) mass is 731 g/mol. The quantitative estimate of drug-likeness (QED) is 0.0537. The fraction of sp³-hybridized carbons (Fsp3) is 0.286. The number of amidine groups is 1. The Morgan fingerprint density at radius 3 is 2.07 bits per heavy atom. The van der Waals surface area contributed by atoms with Crippen LogP contribution in [0.15, 0.2) is 131 Å². The van der Waals surface area contributed by atoms with E-state index in [1.807, 2.05) is 74.5 Å². The number of amides is 2. The Bertz CT molecular complexity index is 1910. The highest BCUT2D eigenvalue weighted by molar-refractivity contribution is 6.08. The van der Waals surface area contributed by atoms with Gasteiger partial charge in [-0.15, -0.1) is 0 Å². The molecule has 0 radical (unpaired) electrons. The number of rotatable bonds is 17. The van der Waals surface area contributed by atoms with Gasteiger partial charge in [0.1, 0.15) is 17.4 Å². The lowest BCUT2D eigenvalue weighted by molar-refractivity contribution is 0.0512. The molecule has 0 saturated carbocycles. The normalized spacial score (nSPS) is 13.8. The van der Waals surface area contributed by atoms with Gasteiger partial charge in [-0.05, 0) is 92.1 Å². The summed E-state index contributed by atoms with van der Waals surface area (Å²) in [5.41, 5.74) is 4.18. The molecule has 1 aliphatic rings. The van der Waals surface area contributed by atoms with Crippen molar-refractivity contribution in [2.45, 2.75) is 39.2 Å². The number of carbonyl (C=O) groups is 2. The molecule has 4 aromatic rings. The van der Waals surface area contributed by atoms with Crippen LogP contribution in [0.2, 0.25) is 0 Å². The number of nitrogens with one attached hydrogen (secondary N) is 5. The predicted molar refractivity (Wildman–Crippen MR) is 214 cm³/mol. The molecule has 12 nitrogen and oxygen atoms in total. The van der Waals surface area contributed by atoms with E-state index in [2.05, 4.69) is 33.5 Å². The molecule has 54 heavy (non-hydrogen) atoms. The molecule has 12 heteroatoms. The SMILES string of the molecule is CCC1=C(Nc2ccc(C(=O)NC(C)(C)c3ccccc3)cc2)N=C(Nc2ccc(O)cc2)NC(=NCCOCCOCCNC(=O)c2ccccc2)C1. The van der Waals surface area contributed by atoms with E-state index in [1.165, 1.54) is 0 Å². The van der Waals surface area contributed by atoms with Gasteiger partial charge in [-0.25, -0.2) is 0 Å². The third kappa shape index (κ3) is 12.0. The Morgan fingerprint density at radius 2 is 1.39 bits per heavy atom. The van der Waals surface area contributed by atoms with Crippen molar-refractivity contribution in [2.75, 3.05) is 50.2 Å². The number of nitrogens with zero attached hydrogens (tertiary/aromatic N) is 2. The molecule has 0 bridgehead atoms. The summed E-state index contributed by atoms with van der Waals surface area (Å²) < 4.78 is 11.3. The summed E-state index contributed by atoms with van der Waals surface area (Å²) in [5.74, 6) is 1.70. The summed E-state index contributed by atoms with van der Waals surface area (Å²) in [6.45, 7) is 8.46. The van der Waals surface area contributed by atoms with E-state index in [9.17, 15) is 14.7 Å². The number of phenolic OH excluding ortho intramolecular Hbond substituents is 1. The molecule has 2 amide bonds. The molecule has 0 unspecified atom stereocenters. The van der Waals surface area contributed by atoms with Gasteiger partial charge in [-0.1, -0.05) is 55.5 Å². The zero-order valence-corrected chi connectivity index (χ0v) is 31.0. The van der Waals surface area contributed by atoms with Crippen molar-refractivity contribution in [3.8, 4) is 5.75 Å². The van der Waals surface area contributed by atoms with E-state index < -0.39 is 5.54 Å². The second kappa shape index (κ2) is 19.7. The number of aliphatic imine (C=N–C) groups is 2. The molecule has 0 aliphatic carbocycles. The fourth-order valence-electron chi connectivity index (χ4n) is 5.55. The maximum atomic E-state index is 13.2. The molecule has 0 saturated heterocycles. The van der Waals surface area contributed by atoms with Crippen molar-refractivity contribution >= 4 is 35.0 Å². The highest BCUT2D eigenvalue weighted by Gasteiger charge is 2.23. The Balaban J connectivity index is 1.17. The minimum absolute atomic E-state index is 0.128. The molecule has 4 aromatic carbocycles. The van der Waals surface area contributed by atoms with Gasteiger partial charge in [-0.2, -0.15) is 4.99 Å². The second-order valence-electron chi connectivity index (χ2n) is 13.1. The zero-order chi connectivity index (χ0) is 38.2. The van der Waals surface area contributed by atoms with E-state index in [4.69, 9.17) is 19.5 Å². The summed E-state index contributed by atoms with van der Waals surface area (Å²) >= 11 is 0. The van der Waals surface area contributed by atoms with Gasteiger partial charge in [-0.3, -0.25) is 14.6 Å². The maximum Gasteiger partial charge on any atom is 0.251 e. The Kier molecular flexibility index (Phi) is 14.3. The molecule has 0 aromatic heterocycles. The number of hydrogen-bond acceptors (Lipinski definition) is 9. The number of ether oxygens (including phenoxy) is 2. The third-order valence-electron chi connectivity index (χ3n) is 8.57. The second-order valence-corrected chi connectivity index (χ2v) is 13.1. The van der Waals surface area contributed by atoms with Crippen LogP contribution in [0.25, 0.3) is 0 Å². The van der Waals surface area contributed by atoms with Crippen LogP contribution in [0.3, 0.4) is 0 Å². The van der Waals surface area contributed by atoms with Crippen LogP contribution < -0.4 is 26.6 Å². The minimum atomic E-state index is -0.539. The molecule has 1 aliphatic heterocycles. The van der Waals surface area contributed by atoms with Gasteiger partial charge in [0.15, 0.2) is 0 Å². The van der Waals surface area contributed by atoms with Gasteiger partial charge >= 0.3 is 0 Å². The fourth-order valence-corrected chi connectivity index (χ4v) is 5.55. The molecule has 282 valence electrons. The number of guanidine groups is 1. The van der Waals surface area contributed by atoms with Gasteiger partial charge in [0.05, 0.1) is 38.5 Å². The summed E-state index contributed by atoms with van der Waals surface area (Å²) in [7, 11) is 0. The lowest BCUT2D eigenvalue weighted by Gasteiger charge is -2.27. The Hall–Kier alpha value is -5.98. The number of aromatic hydroxyl groups is 1. The van der Waals surface area contributed by atoms with Crippen LogP contribution in [0.1, 0.15) is 59.9 Å². The molecule has 6 N–H and O–H groups in total. The summed E-state index contributed by atoms with van der Waals surface area (Å²) in [5, 5.41) is 25.8. The summed E-state index contributed by atoms with van der Waals surface area (Å²) in [6, 6.07) is 33.0. The van der Waals surface area contributed by atoms with Crippen molar-refractivity contribution in [2.24, 2.45) is 9.98 Å². The standard InChI is InChI=1S/C42H49N7O5/c1-4-30-29-37(43-23-25-53-27-28-54-26-24-44-39(51)31-11-7-5-8-12-31)47-41(46-35-19-21-36(50)22-20-35)48-38(30)45-34-17-15-32(16-18-34)40(52)49-42(2,3)33-13-9-6-10-14-33/h5-22,45,50H,4,23-29H2,1-3H3,(H,44,51)(H,49,52)(H2,43,46,47,48). The Morgan fingerprint density at radius 1 is 0.778 bits per heavy atom. The minimum Gasteiger partial charge on any atom is -0.508 e. The van der Waals surface area contributed by atoms with Crippen LogP contribution in [0.5, 0.6) is 5.75 Å². The van der Waals surface area contributed by atoms with Gasteiger partial charge in [0.25, 0.3) is 11.8 Å². The average molecular weight is 732 g/mol. The van der Waals surface area contributed by atoms with Gasteiger partial charge in [0.2, 0.25) is 5.96 Å². The van der Waals surface area contributed by atoms with Crippen LogP contribution in [-0.2, 0) is 15.0 Å². The van der Waals surface area contributed by atoms with Crippen molar-refractivity contribution in [1.82, 2.24) is 16.0 Å². The number of anilines is 2. The lowest BCUT2D eigenvalue weighted by atomic mass is 9.94. The van der Waals surface area contributed by atoms with E-state index in [0.29, 0.717) is 75.3 Å². The van der Waals surface area contributed by atoms with Crippen molar-refractivity contribution in [3.05, 3.63) is 137 Å². The highest BCUT2D eigenvalue weighted by atomic mass is 16.5. The van der Waals surface area contributed by atoms with Gasteiger partial charge < -0.3 is 41.2 Å². The van der Waals surface area contributed by atoms with Crippen LogP contribution in [0, 0.1) is 0 Å². The number of hydrogen-bond donors (Lipinski definition) is 6. The predicted octanol–water partition coefficient (Wildman–Crippen LogP) is 6.41. The third-order valence-corrected chi connectivity index (χ3v) is 8.57. The van der Waals surface area contributed by atoms with Crippen molar-refractivity contribution < 1.29 is 24.2 Å². The first-order valence-electron chi connectivity index (χ1n) is 18.1. The molecular formula is C42H49N7O5. The summed E-state index contributed by atoms with van der Waals surface area (Å²) in [4.78, 5) is 35.0. The number of carbonyl (C=O) groups excluding carboxylic acids is 2.